The van der Waals surface area contributed by atoms with Crippen molar-refractivity contribution in [3.05, 3.63) is 34.5 Å². The number of fused-ring (bicyclic) bond motifs is 2. The lowest BCUT2D eigenvalue weighted by Crippen LogP contribution is -2.15. The van der Waals surface area contributed by atoms with Gasteiger partial charge in [0, 0.05) is 23.1 Å². The summed E-state index contributed by atoms with van der Waals surface area (Å²) in [4.78, 5) is 4.78. The summed E-state index contributed by atoms with van der Waals surface area (Å²) in [5.74, 6) is 0. The van der Waals surface area contributed by atoms with Crippen LogP contribution in [0.15, 0.2) is 12.1 Å². The fraction of sp³-hybridized carbons (Fsp3) is 0.357. The molecule has 0 fully saturated rings. The standard InChI is InChI=1S/C14H16N2O/c1-8-3-4-9(2)14-12(8)13(15)10-7-17-6-5-11(10)16-14/h3-4H,5-7H2,1-2H3,(H2,15,16). The number of anilines is 1. The molecule has 0 saturated heterocycles. The minimum absolute atomic E-state index is 0.595. The average molecular weight is 228 g/mol. The predicted molar refractivity (Wildman–Crippen MR) is 69.0 cm³/mol. The number of aryl methyl sites for hydroxylation is 2. The highest BCUT2D eigenvalue weighted by molar-refractivity contribution is 5.96. The number of benzene rings is 1. The van der Waals surface area contributed by atoms with Crippen LogP contribution in [0, 0.1) is 13.8 Å². The fourth-order valence-electron chi connectivity index (χ4n) is 2.50. The number of ether oxygens (including phenoxy) is 1. The number of nitrogen functional groups attached to an aromatic ring is 1. The average Bonchev–Trinajstić information content (AvgIpc) is 2.34. The van der Waals surface area contributed by atoms with Gasteiger partial charge in [-0.3, -0.25) is 4.98 Å². The van der Waals surface area contributed by atoms with E-state index in [4.69, 9.17) is 15.5 Å². The van der Waals surface area contributed by atoms with Gasteiger partial charge in [-0.1, -0.05) is 12.1 Å². The smallest absolute Gasteiger partial charge is 0.0758 e. The highest BCUT2D eigenvalue weighted by Gasteiger charge is 2.18. The van der Waals surface area contributed by atoms with Gasteiger partial charge in [0.25, 0.3) is 0 Å². The molecule has 17 heavy (non-hydrogen) atoms. The number of rotatable bonds is 0. The normalized spacial score (nSPS) is 14.9. The van der Waals surface area contributed by atoms with Crippen LogP contribution in [0.4, 0.5) is 5.69 Å². The first-order chi connectivity index (χ1) is 8.18. The first kappa shape index (κ1) is 10.5. The predicted octanol–water partition coefficient (Wildman–Crippen LogP) is 2.51. The van der Waals surface area contributed by atoms with Gasteiger partial charge in [-0.25, -0.2) is 0 Å². The molecule has 3 rings (SSSR count). The van der Waals surface area contributed by atoms with Gasteiger partial charge in [0.2, 0.25) is 0 Å². The van der Waals surface area contributed by atoms with Crippen LogP contribution in [0.25, 0.3) is 10.9 Å². The topological polar surface area (TPSA) is 48.1 Å². The second-order valence-electron chi connectivity index (χ2n) is 4.68. The van der Waals surface area contributed by atoms with Crippen molar-refractivity contribution in [3.63, 3.8) is 0 Å². The molecule has 1 aromatic carbocycles. The first-order valence-corrected chi connectivity index (χ1v) is 5.93. The second-order valence-corrected chi connectivity index (χ2v) is 4.68. The van der Waals surface area contributed by atoms with Gasteiger partial charge >= 0.3 is 0 Å². The van der Waals surface area contributed by atoms with Crippen molar-refractivity contribution in [2.24, 2.45) is 0 Å². The Morgan fingerprint density at radius 2 is 2.00 bits per heavy atom. The largest absolute Gasteiger partial charge is 0.398 e. The molecule has 0 bridgehead atoms. The van der Waals surface area contributed by atoms with Crippen LogP contribution in [-0.4, -0.2) is 11.6 Å². The van der Waals surface area contributed by atoms with Crippen LogP contribution in [-0.2, 0) is 17.8 Å². The van der Waals surface area contributed by atoms with Gasteiger partial charge in [0.1, 0.15) is 0 Å². The zero-order chi connectivity index (χ0) is 12.0. The molecule has 0 amide bonds. The van der Waals surface area contributed by atoms with Crippen LogP contribution < -0.4 is 5.73 Å². The summed E-state index contributed by atoms with van der Waals surface area (Å²) >= 11 is 0. The minimum atomic E-state index is 0.595. The molecule has 3 heteroatoms. The third-order valence-corrected chi connectivity index (χ3v) is 3.51. The van der Waals surface area contributed by atoms with Gasteiger partial charge < -0.3 is 10.5 Å². The van der Waals surface area contributed by atoms with Crippen molar-refractivity contribution >= 4 is 16.6 Å². The molecule has 0 radical (unpaired) electrons. The van der Waals surface area contributed by atoms with Crippen molar-refractivity contribution in [1.29, 1.82) is 0 Å². The van der Waals surface area contributed by atoms with Crippen molar-refractivity contribution < 1.29 is 4.74 Å². The Kier molecular flexibility index (Phi) is 2.30. The Bertz CT molecular complexity index is 605. The van der Waals surface area contributed by atoms with Crippen molar-refractivity contribution in [3.8, 4) is 0 Å². The Balaban J connectivity index is 2.44. The summed E-state index contributed by atoms with van der Waals surface area (Å²) in [5, 5.41) is 1.09. The summed E-state index contributed by atoms with van der Waals surface area (Å²) in [5.41, 5.74) is 12.7. The third-order valence-electron chi connectivity index (χ3n) is 3.51. The van der Waals surface area contributed by atoms with E-state index in [-0.39, 0.29) is 0 Å². The van der Waals surface area contributed by atoms with Crippen molar-refractivity contribution in [2.45, 2.75) is 26.9 Å². The monoisotopic (exact) mass is 228 g/mol. The molecule has 0 atom stereocenters. The molecule has 88 valence electrons. The highest BCUT2D eigenvalue weighted by atomic mass is 16.5. The number of hydrogen-bond acceptors (Lipinski definition) is 3. The van der Waals surface area contributed by atoms with E-state index in [2.05, 4.69) is 26.0 Å². The Hall–Kier alpha value is -1.61. The summed E-state index contributed by atoms with van der Waals surface area (Å²) < 4.78 is 5.48. The molecule has 2 N–H and O–H groups in total. The Labute approximate surface area is 101 Å². The summed E-state index contributed by atoms with van der Waals surface area (Å²) in [6.45, 7) is 5.50. The molecular weight excluding hydrogens is 212 g/mol. The van der Waals surface area contributed by atoms with Gasteiger partial charge in [-0.15, -0.1) is 0 Å². The second kappa shape index (κ2) is 3.70. The van der Waals surface area contributed by atoms with Gasteiger partial charge in [0.15, 0.2) is 0 Å². The minimum Gasteiger partial charge on any atom is -0.398 e. The number of pyridine rings is 1. The lowest BCUT2D eigenvalue weighted by atomic mass is 9.98. The van der Waals surface area contributed by atoms with Gasteiger partial charge in [0.05, 0.1) is 24.4 Å². The zero-order valence-corrected chi connectivity index (χ0v) is 10.2. The zero-order valence-electron chi connectivity index (χ0n) is 10.2. The molecule has 1 aliphatic rings. The van der Waals surface area contributed by atoms with E-state index in [0.717, 1.165) is 40.9 Å². The van der Waals surface area contributed by atoms with Gasteiger partial charge in [-0.2, -0.15) is 0 Å². The Morgan fingerprint density at radius 1 is 1.24 bits per heavy atom. The maximum absolute atomic E-state index is 6.29. The van der Waals surface area contributed by atoms with Crippen LogP contribution in [0.2, 0.25) is 0 Å². The Morgan fingerprint density at radius 3 is 2.82 bits per heavy atom. The van der Waals surface area contributed by atoms with Crippen LogP contribution in [0.1, 0.15) is 22.4 Å². The molecule has 2 heterocycles. The lowest BCUT2D eigenvalue weighted by Gasteiger charge is -2.20. The van der Waals surface area contributed by atoms with Crippen LogP contribution in [0.5, 0.6) is 0 Å². The maximum Gasteiger partial charge on any atom is 0.0758 e. The lowest BCUT2D eigenvalue weighted by molar-refractivity contribution is 0.110. The van der Waals surface area contributed by atoms with E-state index >= 15 is 0 Å². The van der Waals surface area contributed by atoms with E-state index < -0.39 is 0 Å². The van der Waals surface area contributed by atoms with E-state index in [0.29, 0.717) is 6.61 Å². The third kappa shape index (κ3) is 1.50. The maximum atomic E-state index is 6.29. The summed E-state index contributed by atoms with van der Waals surface area (Å²) in [6, 6.07) is 4.21. The molecular formula is C14H16N2O. The molecule has 2 aromatic rings. The number of aromatic nitrogens is 1. The number of hydrogen-bond donors (Lipinski definition) is 1. The molecule has 1 aliphatic heterocycles. The SMILES string of the molecule is Cc1ccc(C)c2c(N)c3c(nc12)CCOC3. The summed E-state index contributed by atoms with van der Waals surface area (Å²) in [6.07, 6.45) is 0.864. The van der Waals surface area contributed by atoms with Crippen molar-refractivity contribution in [2.75, 3.05) is 12.3 Å². The molecule has 0 unspecified atom stereocenters. The van der Waals surface area contributed by atoms with E-state index in [9.17, 15) is 0 Å². The van der Waals surface area contributed by atoms with Crippen LogP contribution >= 0.6 is 0 Å². The molecule has 3 nitrogen and oxygen atoms in total. The molecule has 1 aromatic heterocycles. The quantitative estimate of drug-likeness (QED) is 0.753. The molecule has 0 spiro atoms. The van der Waals surface area contributed by atoms with E-state index in [1.54, 1.807) is 0 Å². The molecule has 0 aliphatic carbocycles. The summed E-state index contributed by atoms with van der Waals surface area (Å²) in [7, 11) is 0. The first-order valence-electron chi connectivity index (χ1n) is 5.93. The van der Waals surface area contributed by atoms with E-state index in [1.807, 2.05) is 0 Å². The van der Waals surface area contributed by atoms with Crippen molar-refractivity contribution in [1.82, 2.24) is 4.98 Å². The number of nitrogens with two attached hydrogens (primary N) is 1. The molecule has 0 saturated carbocycles. The highest BCUT2D eigenvalue weighted by Crippen LogP contribution is 2.32. The van der Waals surface area contributed by atoms with E-state index in [1.165, 1.54) is 11.1 Å². The van der Waals surface area contributed by atoms with Gasteiger partial charge in [-0.05, 0) is 25.0 Å². The van der Waals surface area contributed by atoms with Crippen LogP contribution in [0.3, 0.4) is 0 Å². The number of nitrogens with zero attached hydrogens (tertiary/aromatic N) is 1. The fourth-order valence-corrected chi connectivity index (χ4v) is 2.50.